The van der Waals surface area contributed by atoms with E-state index in [0.717, 1.165) is 16.9 Å². The molecule has 3 heteroatoms. The summed E-state index contributed by atoms with van der Waals surface area (Å²) in [4.78, 5) is 2.07. The van der Waals surface area contributed by atoms with Crippen LogP contribution < -0.4 is 10.6 Å². The van der Waals surface area contributed by atoms with Crippen LogP contribution in [0.25, 0.3) is 0 Å². The maximum Gasteiger partial charge on any atom is 0.126 e. The molecule has 0 aromatic heterocycles. The fourth-order valence-electron chi connectivity index (χ4n) is 2.41. The maximum atomic E-state index is 13.8. The second-order valence-electron chi connectivity index (χ2n) is 5.29. The van der Waals surface area contributed by atoms with Crippen molar-refractivity contribution in [3.8, 4) is 0 Å². The first-order chi connectivity index (χ1) is 9.41. The van der Waals surface area contributed by atoms with Gasteiger partial charge in [0.15, 0.2) is 0 Å². The highest BCUT2D eigenvalue weighted by atomic mass is 19.1. The molecular weight excluding hydrogens is 251 g/mol. The van der Waals surface area contributed by atoms with E-state index in [1.807, 2.05) is 32.2 Å². The number of hydrogen-bond acceptors (Lipinski definition) is 2. The lowest BCUT2D eigenvalue weighted by molar-refractivity contribution is 0.613. The predicted octanol–water partition coefficient (Wildman–Crippen LogP) is 4.23. The van der Waals surface area contributed by atoms with Crippen LogP contribution in [0.5, 0.6) is 0 Å². The van der Waals surface area contributed by atoms with E-state index in [9.17, 15) is 4.39 Å². The van der Waals surface area contributed by atoms with Crippen molar-refractivity contribution in [2.75, 3.05) is 11.9 Å². The van der Waals surface area contributed by atoms with E-state index in [0.29, 0.717) is 5.56 Å². The number of hydrogen-bond donors (Lipinski definition) is 1. The average molecular weight is 272 g/mol. The van der Waals surface area contributed by atoms with E-state index < -0.39 is 0 Å². The lowest BCUT2D eigenvalue weighted by Gasteiger charge is -2.26. The molecule has 2 nitrogen and oxygen atoms in total. The quantitative estimate of drug-likeness (QED) is 0.906. The highest BCUT2D eigenvalue weighted by molar-refractivity contribution is 5.69. The minimum absolute atomic E-state index is 0.209. The van der Waals surface area contributed by atoms with Crippen molar-refractivity contribution in [2.24, 2.45) is 5.73 Å². The molecule has 0 aliphatic heterocycles. The van der Waals surface area contributed by atoms with E-state index >= 15 is 0 Å². The fraction of sp³-hybridized carbons (Fsp3) is 0.294. The van der Waals surface area contributed by atoms with Crippen LogP contribution in [0.1, 0.15) is 29.7 Å². The zero-order valence-electron chi connectivity index (χ0n) is 12.4. The molecule has 0 heterocycles. The Hall–Kier alpha value is -1.87. The van der Waals surface area contributed by atoms with Gasteiger partial charge in [-0.05, 0) is 55.7 Å². The van der Waals surface area contributed by atoms with Gasteiger partial charge in [-0.25, -0.2) is 4.39 Å². The van der Waals surface area contributed by atoms with Crippen LogP contribution >= 0.6 is 0 Å². The van der Waals surface area contributed by atoms with Gasteiger partial charge >= 0.3 is 0 Å². The Balaban J connectivity index is 2.57. The monoisotopic (exact) mass is 272 g/mol. The fourth-order valence-corrected chi connectivity index (χ4v) is 2.41. The number of benzene rings is 2. The SMILES string of the molecule is Cc1cc(N(C)c2ccccc2C)c([C@@H](C)N)cc1F. The van der Waals surface area contributed by atoms with Gasteiger partial charge in [0.2, 0.25) is 0 Å². The van der Waals surface area contributed by atoms with E-state index in [2.05, 4.69) is 24.0 Å². The van der Waals surface area contributed by atoms with Gasteiger partial charge in [0.25, 0.3) is 0 Å². The highest BCUT2D eigenvalue weighted by Crippen LogP contribution is 2.33. The van der Waals surface area contributed by atoms with Gasteiger partial charge in [-0.2, -0.15) is 0 Å². The summed E-state index contributed by atoms with van der Waals surface area (Å²) in [5, 5.41) is 0. The van der Waals surface area contributed by atoms with Gasteiger partial charge in [-0.1, -0.05) is 18.2 Å². The number of halogens is 1. The van der Waals surface area contributed by atoms with Crippen LogP contribution in [-0.4, -0.2) is 7.05 Å². The van der Waals surface area contributed by atoms with Crippen LogP contribution in [0.4, 0.5) is 15.8 Å². The Kier molecular flexibility index (Phi) is 4.09. The van der Waals surface area contributed by atoms with Gasteiger partial charge in [0.1, 0.15) is 5.82 Å². The van der Waals surface area contributed by atoms with Gasteiger partial charge in [-0.15, -0.1) is 0 Å². The second-order valence-corrected chi connectivity index (χ2v) is 5.29. The normalized spacial score (nSPS) is 12.3. The first-order valence-corrected chi connectivity index (χ1v) is 6.76. The molecule has 1 atom stereocenters. The molecule has 0 unspecified atom stereocenters. The molecule has 0 saturated carbocycles. The molecule has 0 radical (unpaired) electrons. The van der Waals surface area contributed by atoms with Gasteiger partial charge in [0.05, 0.1) is 0 Å². The molecule has 2 N–H and O–H groups in total. The first-order valence-electron chi connectivity index (χ1n) is 6.76. The van der Waals surface area contributed by atoms with Gasteiger partial charge in [0, 0.05) is 24.5 Å². The summed E-state index contributed by atoms with van der Waals surface area (Å²) >= 11 is 0. The summed E-state index contributed by atoms with van der Waals surface area (Å²) in [7, 11) is 1.99. The van der Waals surface area contributed by atoms with Crippen LogP contribution in [0.2, 0.25) is 0 Å². The largest absolute Gasteiger partial charge is 0.344 e. The van der Waals surface area contributed by atoms with Crippen LogP contribution in [-0.2, 0) is 0 Å². The summed E-state index contributed by atoms with van der Waals surface area (Å²) < 4.78 is 13.8. The van der Waals surface area contributed by atoms with Crippen molar-refractivity contribution >= 4 is 11.4 Å². The molecular formula is C17H21FN2. The zero-order valence-corrected chi connectivity index (χ0v) is 12.4. The Morgan fingerprint density at radius 1 is 1.05 bits per heavy atom. The summed E-state index contributed by atoms with van der Waals surface area (Å²) in [6, 6.07) is 11.3. The smallest absolute Gasteiger partial charge is 0.126 e. The Bertz CT molecular complexity index is 620. The molecule has 0 bridgehead atoms. The number of anilines is 2. The summed E-state index contributed by atoms with van der Waals surface area (Å²) in [5.74, 6) is -0.209. The van der Waals surface area contributed by atoms with Crippen molar-refractivity contribution < 1.29 is 4.39 Å². The topological polar surface area (TPSA) is 29.3 Å². The van der Waals surface area contributed by atoms with Crippen molar-refractivity contribution in [3.05, 3.63) is 58.9 Å². The molecule has 2 rings (SSSR count). The number of rotatable bonds is 3. The highest BCUT2D eigenvalue weighted by Gasteiger charge is 2.16. The number of aryl methyl sites for hydroxylation is 2. The molecule has 20 heavy (non-hydrogen) atoms. The lowest BCUT2D eigenvalue weighted by Crippen LogP contribution is -2.17. The molecule has 0 amide bonds. The molecule has 2 aromatic carbocycles. The van der Waals surface area contributed by atoms with Crippen molar-refractivity contribution in [2.45, 2.75) is 26.8 Å². The third-order valence-corrected chi connectivity index (χ3v) is 3.64. The van der Waals surface area contributed by atoms with E-state index in [4.69, 9.17) is 5.73 Å². The first kappa shape index (κ1) is 14.5. The third kappa shape index (κ3) is 2.68. The Morgan fingerprint density at radius 2 is 1.70 bits per heavy atom. The number of para-hydroxylation sites is 1. The minimum Gasteiger partial charge on any atom is -0.344 e. The zero-order chi connectivity index (χ0) is 14.9. The summed E-state index contributed by atoms with van der Waals surface area (Å²) in [6.45, 7) is 5.71. The molecule has 0 aliphatic rings. The summed E-state index contributed by atoms with van der Waals surface area (Å²) in [6.07, 6.45) is 0. The van der Waals surface area contributed by atoms with Crippen molar-refractivity contribution in [3.63, 3.8) is 0 Å². The van der Waals surface area contributed by atoms with Crippen molar-refractivity contribution in [1.82, 2.24) is 0 Å². The Morgan fingerprint density at radius 3 is 2.30 bits per heavy atom. The summed E-state index contributed by atoms with van der Waals surface area (Å²) in [5.41, 5.74) is 10.7. The molecule has 106 valence electrons. The lowest BCUT2D eigenvalue weighted by atomic mass is 10.0. The average Bonchev–Trinajstić information content (AvgIpc) is 2.41. The molecule has 0 spiro atoms. The van der Waals surface area contributed by atoms with Crippen LogP contribution in [0.3, 0.4) is 0 Å². The molecule has 0 fully saturated rings. The molecule has 0 saturated heterocycles. The second kappa shape index (κ2) is 5.63. The van der Waals surface area contributed by atoms with E-state index in [1.165, 1.54) is 5.56 Å². The third-order valence-electron chi connectivity index (χ3n) is 3.64. The van der Waals surface area contributed by atoms with Crippen LogP contribution in [0, 0.1) is 19.7 Å². The molecule has 0 aliphatic carbocycles. The van der Waals surface area contributed by atoms with Crippen LogP contribution in [0.15, 0.2) is 36.4 Å². The number of nitrogens with two attached hydrogens (primary N) is 1. The Labute approximate surface area is 120 Å². The van der Waals surface area contributed by atoms with Crippen molar-refractivity contribution in [1.29, 1.82) is 0 Å². The number of nitrogens with zero attached hydrogens (tertiary/aromatic N) is 1. The molecule has 2 aromatic rings. The van der Waals surface area contributed by atoms with E-state index in [1.54, 1.807) is 13.0 Å². The minimum atomic E-state index is -0.216. The van der Waals surface area contributed by atoms with Gasteiger partial charge in [-0.3, -0.25) is 0 Å². The van der Waals surface area contributed by atoms with E-state index in [-0.39, 0.29) is 11.9 Å². The van der Waals surface area contributed by atoms with Gasteiger partial charge < -0.3 is 10.6 Å². The standard InChI is InChI=1S/C17H21FN2/c1-11-7-5-6-8-16(11)20(4)17-9-12(2)15(18)10-14(17)13(3)19/h5-10,13H,19H2,1-4H3/t13-/m1/s1. The predicted molar refractivity (Wildman–Crippen MR) is 83.0 cm³/mol. The maximum absolute atomic E-state index is 13.8.